The Bertz CT molecular complexity index is 464. The highest BCUT2D eigenvalue weighted by Crippen LogP contribution is 2.28. The third kappa shape index (κ3) is 2.54. The van der Waals surface area contributed by atoms with E-state index in [1.54, 1.807) is 12.1 Å². The van der Waals surface area contributed by atoms with Crippen LogP contribution in [0.15, 0.2) is 18.2 Å². The first-order valence-corrected chi connectivity index (χ1v) is 6.60. The molecule has 0 N–H and O–H groups in total. The van der Waals surface area contributed by atoms with E-state index >= 15 is 0 Å². The Kier molecular flexibility index (Phi) is 3.98. The summed E-state index contributed by atoms with van der Waals surface area (Å²) in [5, 5.41) is 8.73. The van der Waals surface area contributed by atoms with E-state index in [0.717, 1.165) is 6.42 Å². The zero-order valence-electron chi connectivity index (χ0n) is 11.0. The first-order chi connectivity index (χ1) is 8.65. The van der Waals surface area contributed by atoms with E-state index in [2.05, 4.69) is 18.7 Å². The Hall–Kier alpha value is -1.40. The quantitative estimate of drug-likeness (QED) is 0.816. The number of hydrogen-bond donors (Lipinski definition) is 0. The summed E-state index contributed by atoms with van der Waals surface area (Å²) >= 11 is 0. The molecule has 0 radical (unpaired) electrons. The average molecular weight is 246 g/mol. The molecule has 0 saturated carbocycles. The number of hydrogen-bond acceptors (Lipinski definition) is 2. The van der Waals surface area contributed by atoms with Crippen molar-refractivity contribution in [1.29, 1.82) is 5.26 Å². The van der Waals surface area contributed by atoms with E-state index in [9.17, 15) is 4.39 Å². The molecule has 96 valence electrons. The van der Waals surface area contributed by atoms with Gasteiger partial charge in [0.1, 0.15) is 5.82 Å². The fourth-order valence-electron chi connectivity index (χ4n) is 2.79. The molecule has 1 aliphatic rings. The van der Waals surface area contributed by atoms with Crippen LogP contribution in [0.3, 0.4) is 0 Å². The molecule has 1 fully saturated rings. The maximum atomic E-state index is 13.9. The summed E-state index contributed by atoms with van der Waals surface area (Å²) in [6, 6.07) is 7.81. The van der Waals surface area contributed by atoms with E-state index in [1.165, 1.54) is 18.9 Å². The van der Waals surface area contributed by atoms with Gasteiger partial charge in [0, 0.05) is 24.2 Å². The Morgan fingerprint density at radius 2 is 2.22 bits per heavy atom. The second-order valence-electron chi connectivity index (χ2n) is 5.08. The minimum Gasteiger partial charge on any atom is -0.293 e. The molecule has 2 rings (SSSR count). The van der Waals surface area contributed by atoms with Crippen molar-refractivity contribution < 1.29 is 4.39 Å². The second-order valence-corrected chi connectivity index (χ2v) is 5.08. The molecule has 0 spiro atoms. The standard InChI is InChI=1S/C15H19FN2/c1-3-14-7-4-11(2)18(14)10-13-6-5-12(9-17)8-15(13)16/h5-6,8,11,14H,3-4,7,10H2,1-2H3. The number of likely N-dealkylation sites (tertiary alicyclic amines) is 1. The first-order valence-electron chi connectivity index (χ1n) is 6.60. The lowest BCUT2D eigenvalue weighted by molar-refractivity contribution is 0.187. The predicted octanol–water partition coefficient (Wildman–Crippen LogP) is 3.46. The number of nitrogens with zero attached hydrogens (tertiary/aromatic N) is 2. The molecule has 0 bridgehead atoms. The van der Waals surface area contributed by atoms with Crippen LogP contribution in [0.4, 0.5) is 4.39 Å². The topological polar surface area (TPSA) is 27.0 Å². The fourth-order valence-corrected chi connectivity index (χ4v) is 2.79. The van der Waals surface area contributed by atoms with Gasteiger partial charge in [-0.25, -0.2) is 4.39 Å². The summed E-state index contributed by atoms with van der Waals surface area (Å²) in [5.74, 6) is -0.261. The van der Waals surface area contributed by atoms with E-state index in [0.29, 0.717) is 29.8 Å². The van der Waals surface area contributed by atoms with Crippen LogP contribution < -0.4 is 0 Å². The number of rotatable bonds is 3. The van der Waals surface area contributed by atoms with E-state index in [1.807, 2.05) is 6.07 Å². The van der Waals surface area contributed by atoms with Crippen molar-refractivity contribution in [2.75, 3.05) is 0 Å². The van der Waals surface area contributed by atoms with Gasteiger partial charge in [0.15, 0.2) is 0 Å². The fraction of sp³-hybridized carbons (Fsp3) is 0.533. The minimum atomic E-state index is -0.261. The van der Waals surface area contributed by atoms with Crippen LogP contribution >= 0.6 is 0 Å². The van der Waals surface area contributed by atoms with Gasteiger partial charge in [-0.2, -0.15) is 5.26 Å². The van der Waals surface area contributed by atoms with Gasteiger partial charge < -0.3 is 0 Å². The Morgan fingerprint density at radius 3 is 2.83 bits per heavy atom. The summed E-state index contributed by atoms with van der Waals surface area (Å²) in [6.07, 6.45) is 3.51. The molecular formula is C15H19FN2. The smallest absolute Gasteiger partial charge is 0.129 e. The molecule has 0 aliphatic carbocycles. The summed E-state index contributed by atoms with van der Waals surface area (Å²) in [6.45, 7) is 5.04. The lowest BCUT2D eigenvalue weighted by Crippen LogP contribution is -2.33. The van der Waals surface area contributed by atoms with E-state index < -0.39 is 0 Å². The van der Waals surface area contributed by atoms with Gasteiger partial charge in [0.2, 0.25) is 0 Å². The molecule has 2 nitrogen and oxygen atoms in total. The molecule has 1 saturated heterocycles. The first kappa shape index (κ1) is 13.0. The van der Waals surface area contributed by atoms with E-state index in [-0.39, 0.29) is 5.82 Å². The average Bonchev–Trinajstić information content (AvgIpc) is 2.73. The van der Waals surface area contributed by atoms with Gasteiger partial charge in [-0.3, -0.25) is 4.90 Å². The number of halogens is 1. The summed E-state index contributed by atoms with van der Waals surface area (Å²) in [4.78, 5) is 2.38. The highest BCUT2D eigenvalue weighted by Gasteiger charge is 2.29. The molecule has 1 heterocycles. The Labute approximate surface area is 108 Å². The molecule has 1 aliphatic heterocycles. The van der Waals surface area contributed by atoms with Gasteiger partial charge in [-0.15, -0.1) is 0 Å². The van der Waals surface area contributed by atoms with Crippen molar-refractivity contribution in [2.24, 2.45) is 0 Å². The van der Waals surface area contributed by atoms with Crippen molar-refractivity contribution in [2.45, 2.75) is 51.7 Å². The van der Waals surface area contributed by atoms with Crippen LogP contribution in [0.1, 0.15) is 44.2 Å². The van der Waals surface area contributed by atoms with Crippen LogP contribution in [0, 0.1) is 17.1 Å². The zero-order valence-corrected chi connectivity index (χ0v) is 11.0. The van der Waals surface area contributed by atoms with E-state index in [4.69, 9.17) is 5.26 Å². The molecule has 0 aromatic heterocycles. The Balaban J connectivity index is 2.16. The van der Waals surface area contributed by atoms with Crippen LogP contribution in [0.2, 0.25) is 0 Å². The molecule has 2 unspecified atom stereocenters. The third-order valence-electron chi connectivity index (χ3n) is 3.96. The van der Waals surface area contributed by atoms with Crippen LogP contribution in [0.25, 0.3) is 0 Å². The largest absolute Gasteiger partial charge is 0.293 e. The van der Waals surface area contributed by atoms with Gasteiger partial charge in [-0.1, -0.05) is 13.0 Å². The zero-order chi connectivity index (χ0) is 13.1. The lowest BCUT2D eigenvalue weighted by Gasteiger charge is -2.27. The molecule has 1 aromatic rings. The molecule has 0 amide bonds. The summed E-state index contributed by atoms with van der Waals surface area (Å²) in [5.41, 5.74) is 1.08. The maximum Gasteiger partial charge on any atom is 0.129 e. The molecule has 18 heavy (non-hydrogen) atoms. The van der Waals surface area contributed by atoms with Crippen molar-refractivity contribution in [3.8, 4) is 6.07 Å². The van der Waals surface area contributed by atoms with Gasteiger partial charge >= 0.3 is 0 Å². The van der Waals surface area contributed by atoms with Crippen molar-refractivity contribution in [1.82, 2.24) is 4.90 Å². The lowest BCUT2D eigenvalue weighted by atomic mass is 10.1. The highest BCUT2D eigenvalue weighted by molar-refractivity contribution is 5.32. The number of nitriles is 1. The predicted molar refractivity (Wildman–Crippen MR) is 69.4 cm³/mol. The summed E-state index contributed by atoms with van der Waals surface area (Å²) in [7, 11) is 0. The third-order valence-corrected chi connectivity index (χ3v) is 3.96. The monoisotopic (exact) mass is 246 g/mol. The molecule has 2 atom stereocenters. The molecular weight excluding hydrogens is 227 g/mol. The van der Waals surface area contributed by atoms with Crippen LogP contribution in [-0.2, 0) is 6.54 Å². The van der Waals surface area contributed by atoms with Crippen LogP contribution in [0.5, 0.6) is 0 Å². The SMILES string of the molecule is CCC1CCC(C)N1Cc1ccc(C#N)cc1F. The second kappa shape index (κ2) is 5.49. The molecule has 1 aromatic carbocycles. The van der Waals surface area contributed by atoms with Gasteiger partial charge in [-0.05, 0) is 38.3 Å². The maximum absolute atomic E-state index is 13.9. The number of benzene rings is 1. The molecule has 3 heteroatoms. The van der Waals surface area contributed by atoms with Crippen molar-refractivity contribution in [3.63, 3.8) is 0 Å². The van der Waals surface area contributed by atoms with Gasteiger partial charge in [0.05, 0.1) is 11.6 Å². The van der Waals surface area contributed by atoms with Crippen molar-refractivity contribution in [3.05, 3.63) is 35.1 Å². The van der Waals surface area contributed by atoms with Crippen molar-refractivity contribution >= 4 is 0 Å². The Morgan fingerprint density at radius 1 is 1.44 bits per heavy atom. The van der Waals surface area contributed by atoms with Gasteiger partial charge in [0.25, 0.3) is 0 Å². The normalized spacial score (nSPS) is 24.1. The highest BCUT2D eigenvalue weighted by atomic mass is 19.1. The summed E-state index contributed by atoms with van der Waals surface area (Å²) < 4.78 is 13.9. The van der Waals surface area contributed by atoms with Crippen LogP contribution in [-0.4, -0.2) is 17.0 Å². The minimum absolute atomic E-state index is 0.261.